The highest BCUT2D eigenvalue weighted by atomic mass is 16.3. The fraction of sp³-hybridized carbons (Fsp3) is 1.00. The van der Waals surface area contributed by atoms with Crippen molar-refractivity contribution in [2.75, 3.05) is 26.2 Å². The van der Waals surface area contributed by atoms with Crippen molar-refractivity contribution in [1.29, 1.82) is 0 Å². The molecule has 0 aromatic heterocycles. The van der Waals surface area contributed by atoms with Crippen LogP contribution in [0.3, 0.4) is 0 Å². The molecule has 0 spiro atoms. The van der Waals surface area contributed by atoms with E-state index in [0.717, 1.165) is 26.2 Å². The number of nitrogens with one attached hydrogen (secondary N) is 1. The smallest absolute Gasteiger partial charge is 0.0718 e. The second kappa shape index (κ2) is 5.10. The van der Waals surface area contributed by atoms with Gasteiger partial charge in [-0.2, -0.15) is 0 Å². The van der Waals surface area contributed by atoms with Gasteiger partial charge in [0.2, 0.25) is 0 Å². The van der Waals surface area contributed by atoms with Crippen LogP contribution in [-0.2, 0) is 0 Å². The van der Waals surface area contributed by atoms with Gasteiger partial charge in [0.05, 0.1) is 5.60 Å². The van der Waals surface area contributed by atoms with E-state index in [4.69, 9.17) is 0 Å². The lowest BCUT2D eigenvalue weighted by Crippen LogP contribution is -2.44. The fourth-order valence-electron chi connectivity index (χ4n) is 2.08. The molecule has 3 heteroatoms. The Kier molecular flexibility index (Phi) is 4.35. The zero-order valence-corrected chi connectivity index (χ0v) is 9.71. The van der Waals surface area contributed by atoms with E-state index in [9.17, 15) is 5.11 Å². The maximum absolute atomic E-state index is 9.73. The fourth-order valence-corrected chi connectivity index (χ4v) is 2.08. The Bertz CT molecular complexity index is 159. The molecule has 0 radical (unpaired) electrons. The van der Waals surface area contributed by atoms with Gasteiger partial charge in [-0.25, -0.2) is 0 Å². The average Bonchev–Trinajstić information content (AvgIpc) is 2.53. The number of rotatable bonds is 5. The first-order valence-electron chi connectivity index (χ1n) is 5.69. The van der Waals surface area contributed by atoms with E-state index < -0.39 is 5.60 Å². The summed E-state index contributed by atoms with van der Waals surface area (Å²) in [5.74, 6) is 0. The van der Waals surface area contributed by atoms with E-state index >= 15 is 0 Å². The molecule has 0 aliphatic carbocycles. The number of likely N-dealkylation sites (N-methyl/N-ethyl adjacent to an activating group) is 1. The SMILES string of the molecule is CCN(CC1CCCN1)CC(C)(C)O. The van der Waals surface area contributed by atoms with Crippen LogP contribution in [0.15, 0.2) is 0 Å². The molecule has 0 bridgehead atoms. The van der Waals surface area contributed by atoms with Crippen molar-refractivity contribution in [3.8, 4) is 0 Å². The molecule has 1 fully saturated rings. The lowest BCUT2D eigenvalue weighted by atomic mass is 10.1. The molecule has 3 nitrogen and oxygen atoms in total. The lowest BCUT2D eigenvalue weighted by molar-refractivity contribution is 0.0355. The van der Waals surface area contributed by atoms with Crippen LogP contribution < -0.4 is 5.32 Å². The van der Waals surface area contributed by atoms with Crippen LogP contribution in [0.2, 0.25) is 0 Å². The molecule has 0 amide bonds. The Balaban J connectivity index is 2.30. The van der Waals surface area contributed by atoms with E-state index in [-0.39, 0.29) is 0 Å². The minimum atomic E-state index is -0.575. The Morgan fingerprint density at radius 1 is 1.50 bits per heavy atom. The number of aliphatic hydroxyl groups is 1. The largest absolute Gasteiger partial charge is 0.389 e. The lowest BCUT2D eigenvalue weighted by Gasteiger charge is -2.30. The van der Waals surface area contributed by atoms with E-state index in [1.807, 2.05) is 13.8 Å². The van der Waals surface area contributed by atoms with Crippen LogP contribution in [-0.4, -0.2) is 47.8 Å². The summed E-state index contributed by atoms with van der Waals surface area (Å²) in [4.78, 5) is 2.32. The van der Waals surface area contributed by atoms with Gasteiger partial charge in [0, 0.05) is 19.1 Å². The predicted octanol–water partition coefficient (Wildman–Crippen LogP) is 0.831. The van der Waals surface area contributed by atoms with Crippen LogP contribution >= 0.6 is 0 Å². The topological polar surface area (TPSA) is 35.5 Å². The van der Waals surface area contributed by atoms with Crippen molar-refractivity contribution in [2.45, 2.75) is 45.3 Å². The molecular formula is C11H24N2O. The van der Waals surface area contributed by atoms with Crippen molar-refractivity contribution in [2.24, 2.45) is 0 Å². The van der Waals surface area contributed by atoms with Gasteiger partial charge in [-0.05, 0) is 39.8 Å². The van der Waals surface area contributed by atoms with Crippen LogP contribution in [0.4, 0.5) is 0 Å². The first-order valence-corrected chi connectivity index (χ1v) is 5.69. The molecule has 1 unspecified atom stereocenters. The number of hydrogen-bond donors (Lipinski definition) is 2. The molecule has 2 N–H and O–H groups in total. The minimum Gasteiger partial charge on any atom is -0.389 e. The van der Waals surface area contributed by atoms with Crippen LogP contribution in [0, 0.1) is 0 Å². The molecule has 14 heavy (non-hydrogen) atoms. The summed E-state index contributed by atoms with van der Waals surface area (Å²) in [6.45, 7) is 9.91. The highest BCUT2D eigenvalue weighted by Crippen LogP contribution is 2.10. The Morgan fingerprint density at radius 2 is 2.21 bits per heavy atom. The second-order valence-electron chi connectivity index (χ2n) is 4.93. The summed E-state index contributed by atoms with van der Waals surface area (Å²) in [6.07, 6.45) is 2.58. The van der Waals surface area contributed by atoms with Gasteiger partial charge in [0.1, 0.15) is 0 Å². The Hall–Kier alpha value is -0.120. The van der Waals surface area contributed by atoms with Crippen molar-refractivity contribution in [1.82, 2.24) is 10.2 Å². The highest BCUT2D eigenvalue weighted by molar-refractivity contribution is 4.80. The maximum Gasteiger partial charge on any atom is 0.0718 e. The third-order valence-corrected chi connectivity index (χ3v) is 2.70. The van der Waals surface area contributed by atoms with E-state index in [1.54, 1.807) is 0 Å². The first-order chi connectivity index (χ1) is 6.51. The van der Waals surface area contributed by atoms with Crippen LogP contribution in [0.25, 0.3) is 0 Å². The minimum absolute atomic E-state index is 0.575. The van der Waals surface area contributed by atoms with Gasteiger partial charge >= 0.3 is 0 Å². The average molecular weight is 200 g/mol. The van der Waals surface area contributed by atoms with Crippen molar-refractivity contribution >= 4 is 0 Å². The van der Waals surface area contributed by atoms with Crippen LogP contribution in [0.5, 0.6) is 0 Å². The van der Waals surface area contributed by atoms with E-state index in [0.29, 0.717) is 6.04 Å². The summed E-state index contributed by atoms with van der Waals surface area (Å²) < 4.78 is 0. The zero-order chi connectivity index (χ0) is 10.6. The predicted molar refractivity (Wildman–Crippen MR) is 59.4 cm³/mol. The zero-order valence-electron chi connectivity index (χ0n) is 9.71. The van der Waals surface area contributed by atoms with Crippen molar-refractivity contribution < 1.29 is 5.11 Å². The van der Waals surface area contributed by atoms with E-state index in [2.05, 4.69) is 17.1 Å². The summed E-state index contributed by atoms with van der Waals surface area (Å²) in [5, 5.41) is 13.2. The number of nitrogens with zero attached hydrogens (tertiary/aromatic N) is 1. The van der Waals surface area contributed by atoms with Gasteiger partial charge in [-0.3, -0.25) is 4.90 Å². The quantitative estimate of drug-likeness (QED) is 0.690. The maximum atomic E-state index is 9.73. The van der Waals surface area contributed by atoms with Gasteiger partial charge < -0.3 is 10.4 Å². The van der Waals surface area contributed by atoms with E-state index in [1.165, 1.54) is 12.8 Å². The molecule has 1 aliphatic rings. The number of hydrogen-bond acceptors (Lipinski definition) is 3. The Morgan fingerprint density at radius 3 is 2.64 bits per heavy atom. The summed E-state index contributed by atoms with van der Waals surface area (Å²) in [6, 6.07) is 0.636. The molecule has 1 saturated heterocycles. The third kappa shape index (κ3) is 4.40. The van der Waals surface area contributed by atoms with Crippen molar-refractivity contribution in [3.63, 3.8) is 0 Å². The molecule has 84 valence electrons. The molecule has 1 atom stereocenters. The molecular weight excluding hydrogens is 176 g/mol. The monoisotopic (exact) mass is 200 g/mol. The normalized spacial score (nSPS) is 23.4. The standard InChI is InChI=1S/C11H24N2O/c1-4-13(9-11(2,3)14)8-10-6-5-7-12-10/h10,12,14H,4-9H2,1-3H3. The molecule has 0 aromatic carbocycles. The molecule has 0 aromatic rings. The highest BCUT2D eigenvalue weighted by Gasteiger charge is 2.21. The molecule has 1 rings (SSSR count). The summed E-state index contributed by atoms with van der Waals surface area (Å²) in [5.41, 5.74) is -0.575. The summed E-state index contributed by atoms with van der Waals surface area (Å²) >= 11 is 0. The molecule has 0 saturated carbocycles. The van der Waals surface area contributed by atoms with Crippen LogP contribution in [0.1, 0.15) is 33.6 Å². The van der Waals surface area contributed by atoms with Crippen molar-refractivity contribution in [3.05, 3.63) is 0 Å². The second-order valence-corrected chi connectivity index (χ2v) is 4.93. The van der Waals surface area contributed by atoms with Gasteiger partial charge in [-0.1, -0.05) is 6.92 Å². The van der Waals surface area contributed by atoms with Gasteiger partial charge in [0.25, 0.3) is 0 Å². The third-order valence-electron chi connectivity index (χ3n) is 2.70. The molecule has 1 heterocycles. The van der Waals surface area contributed by atoms with Gasteiger partial charge in [-0.15, -0.1) is 0 Å². The Labute approximate surface area is 87.5 Å². The first kappa shape index (κ1) is 12.0. The summed E-state index contributed by atoms with van der Waals surface area (Å²) in [7, 11) is 0. The molecule has 1 aliphatic heterocycles. The van der Waals surface area contributed by atoms with Gasteiger partial charge in [0.15, 0.2) is 0 Å².